The third-order valence-corrected chi connectivity index (χ3v) is 4.36. The molecule has 0 aromatic carbocycles. The van der Waals surface area contributed by atoms with Crippen molar-refractivity contribution in [3.05, 3.63) is 0 Å². The molecule has 17 heavy (non-hydrogen) atoms. The second kappa shape index (κ2) is 5.85. The Hall–Kier alpha value is -0.570. The minimum atomic E-state index is 0.356. The van der Waals surface area contributed by atoms with Gasteiger partial charge in [-0.2, -0.15) is 0 Å². The predicted octanol–water partition coefficient (Wildman–Crippen LogP) is 2.17. The molecule has 0 spiro atoms. The Morgan fingerprint density at radius 3 is 2.35 bits per heavy atom. The molecule has 1 heterocycles. The van der Waals surface area contributed by atoms with Gasteiger partial charge < -0.3 is 10.2 Å². The summed E-state index contributed by atoms with van der Waals surface area (Å²) in [5.41, 5.74) is 0. The second-order valence-electron chi connectivity index (χ2n) is 5.85. The van der Waals surface area contributed by atoms with Crippen LogP contribution in [0.15, 0.2) is 0 Å². The van der Waals surface area contributed by atoms with Gasteiger partial charge >= 0.3 is 0 Å². The number of carbonyl (C=O) groups is 1. The maximum absolute atomic E-state index is 12.3. The predicted molar refractivity (Wildman–Crippen MR) is 69.8 cm³/mol. The lowest BCUT2D eigenvalue weighted by molar-refractivity contribution is -0.136. The summed E-state index contributed by atoms with van der Waals surface area (Å²) in [4.78, 5) is 14.4. The van der Waals surface area contributed by atoms with Gasteiger partial charge in [-0.3, -0.25) is 4.79 Å². The van der Waals surface area contributed by atoms with E-state index in [0.717, 1.165) is 31.8 Å². The van der Waals surface area contributed by atoms with Crippen molar-refractivity contribution in [1.29, 1.82) is 0 Å². The van der Waals surface area contributed by atoms with E-state index in [1.54, 1.807) is 0 Å². The van der Waals surface area contributed by atoms with E-state index in [-0.39, 0.29) is 0 Å². The van der Waals surface area contributed by atoms with Gasteiger partial charge in [0.25, 0.3) is 0 Å². The lowest BCUT2D eigenvalue weighted by atomic mass is 10.0. The first kappa shape index (κ1) is 12.9. The lowest BCUT2D eigenvalue weighted by Gasteiger charge is -2.39. The van der Waals surface area contributed by atoms with Crippen molar-refractivity contribution in [2.45, 2.75) is 64.5 Å². The summed E-state index contributed by atoms with van der Waals surface area (Å²) in [6.07, 6.45) is 7.32. The number of amides is 1. The van der Waals surface area contributed by atoms with Crippen molar-refractivity contribution < 1.29 is 4.79 Å². The molecule has 0 bridgehead atoms. The fourth-order valence-corrected chi connectivity index (χ4v) is 3.38. The molecule has 0 aromatic heterocycles. The van der Waals surface area contributed by atoms with Gasteiger partial charge in [-0.05, 0) is 26.2 Å². The van der Waals surface area contributed by atoms with Crippen LogP contribution in [0.2, 0.25) is 0 Å². The van der Waals surface area contributed by atoms with Gasteiger partial charge in [-0.1, -0.05) is 25.7 Å². The zero-order valence-corrected chi connectivity index (χ0v) is 11.2. The monoisotopic (exact) mass is 238 g/mol. The second-order valence-corrected chi connectivity index (χ2v) is 5.85. The van der Waals surface area contributed by atoms with Crippen LogP contribution in [-0.4, -0.2) is 36.0 Å². The van der Waals surface area contributed by atoms with Crippen LogP contribution in [0.25, 0.3) is 0 Å². The summed E-state index contributed by atoms with van der Waals surface area (Å²) < 4.78 is 0. The van der Waals surface area contributed by atoms with Crippen LogP contribution >= 0.6 is 0 Å². The standard InChI is InChI=1S/C14H26N2O/c1-11-9-15-10-12(2)16(11)14(17)8-7-13-5-3-4-6-13/h11-13,15H,3-10H2,1-2H3. The Morgan fingerprint density at radius 2 is 1.76 bits per heavy atom. The minimum absolute atomic E-state index is 0.356. The molecule has 2 fully saturated rings. The van der Waals surface area contributed by atoms with E-state index in [4.69, 9.17) is 0 Å². The quantitative estimate of drug-likeness (QED) is 0.817. The van der Waals surface area contributed by atoms with Gasteiger partial charge in [0.1, 0.15) is 0 Å². The Labute approximate surface area is 105 Å². The highest BCUT2D eigenvalue weighted by atomic mass is 16.2. The van der Waals surface area contributed by atoms with E-state index in [1.807, 2.05) is 0 Å². The summed E-state index contributed by atoms with van der Waals surface area (Å²) in [7, 11) is 0. The Bertz CT molecular complexity index is 251. The van der Waals surface area contributed by atoms with Crippen LogP contribution in [0.5, 0.6) is 0 Å². The van der Waals surface area contributed by atoms with Gasteiger partial charge in [-0.25, -0.2) is 0 Å². The molecule has 1 saturated heterocycles. The van der Waals surface area contributed by atoms with Crippen molar-refractivity contribution in [2.75, 3.05) is 13.1 Å². The van der Waals surface area contributed by atoms with Gasteiger partial charge in [0.15, 0.2) is 0 Å². The summed E-state index contributed by atoms with van der Waals surface area (Å²) >= 11 is 0. The molecule has 0 radical (unpaired) electrons. The van der Waals surface area contributed by atoms with E-state index in [1.165, 1.54) is 25.7 Å². The molecule has 1 saturated carbocycles. The molecule has 1 amide bonds. The van der Waals surface area contributed by atoms with Crippen LogP contribution in [0, 0.1) is 5.92 Å². The molecule has 98 valence electrons. The molecule has 2 aliphatic rings. The van der Waals surface area contributed by atoms with Crippen molar-refractivity contribution in [3.8, 4) is 0 Å². The first-order chi connectivity index (χ1) is 8.18. The SMILES string of the molecule is CC1CNCC(C)N1C(=O)CCC1CCCC1. The number of rotatable bonds is 3. The number of nitrogens with zero attached hydrogens (tertiary/aromatic N) is 1. The average Bonchev–Trinajstić information content (AvgIpc) is 2.79. The first-order valence-corrected chi connectivity index (χ1v) is 7.20. The first-order valence-electron chi connectivity index (χ1n) is 7.20. The number of hydrogen-bond donors (Lipinski definition) is 1. The van der Waals surface area contributed by atoms with Crippen molar-refractivity contribution >= 4 is 5.91 Å². The van der Waals surface area contributed by atoms with E-state index in [0.29, 0.717) is 18.0 Å². The smallest absolute Gasteiger partial charge is 0.223 e. The molecular formula is C14H26N2O. The van der Waals surface area contributed by atoms with Gasteiger partial charge in [0.2, 0.25) is 5.91 Å². The van der Waals surface area contributed by atoms with Gasteiger partial charge in [0, 0.05) is 31.6 Å². The fraction of sp³-hybridized carbons (Fsp3) is 0.929. The third-order valence-electron chi connectivity index (χ3n) is 4.36. The van der Waals surface area contributed by atoms with Crippen LogP contribution in [-0.2, 0) is 4.79 Å². The number of hydrogen-bond acceptors (Lipinski definition) is 2. The van der Waals surface area contributed by atoms with Gasteiger partial charge in [-0.15, -0.1) is 0 Å². The Kier molecular flexibility index (Phi) is 4.43. The largest absolute Gasteiger partial charge is 0.335 e. The third kappa shape index (κ3) is 3.21. The van der Waals surface area contributed by atoms with E-state index in [9.17, 15) is 4.79 Å². The minimum Gasteiger partial charge on any atom is -0.335 e. The fourth-order valence-electron chi connectivity index (χ4n) is 3.38. The zero-order chi connectivity index (χ0) is 12.3. The van der Waals surface area contributed by atoms with Gasteiger partial charge in [0.05, 0.1) is 0 Å². The summed E-state index contributed by atoms with van der Waals surface area (Å²) in [5.74, 6) is 1.20. The van der Waals surface area contributed by atoms with E-state index < -0.39 is 0 Å². The van der Waals surface area contributed by atoms with E-state index >= 15 is 0 Å². The van der Waals surface area contributed by atoms with Crippen molar-refractivity contribution in [3.63, 3.8) is 0 Å². The summed E-state index contributed by atoms with van der Waals surface area (Å²) in [6, 6.07) is 0.713. The molecule has 0 aromatic rings. The van der Waals surface area contributed by atoms with Crippen molar-refractivity contribution in [1.82, 2.24) is 10.2 Å². The molecule has 2 unspecified atom stereocenters. The van der Waals surface area contributed by atoms with E-state index in [2.05, 4.69) is 24.1 Å². The molecule has 1 aliphatic carbocycles. The molecule has 2 rings (SSSR count). The number of carbonyl (C=O) groups excluding carboxylic acids is 1. The maximum Gasteiger partial charge on any atom is 0.223 e. The molecule has 1 aliphatic heterocycles. The highest BCUT2D eigenvalue weighted by Crippen LogP contribution is 2.29. The van der Waals surface area contributed by atoms with Crippen LogP contribution < -0.4 is 5.32 Å². The maximum atomic E-state index is 12.3. The topological polar surface area (TPSA) is 32.3 Å². The average molecular weight is 238 g/mol. The summed E-state index contributed by atoms with van der Waals surface area (Å²) in [5, 5.41) is 3.37. The lowest BCUT2D eigenvalue weighted by Crippen LogP contribution is -2.57. The molecule has 3 heteroatoms. The van der Waals surface area contributed by atoms with Crippen LogP contribution in [0.1, 0.15) is 52.4 Å². The number of nitrogens with one attached hydrogen (secondary N) is 1. The van der Waals surface area contributed by atoms with Crippen molar-refractivity contribution in [2.24, 2.45) is 5.92 Å². The summed E-state index contributed by atoms with van der Waals surface area (Å²) in [6.45, 7) is 6.19. The normalized spacial score (nSPS) is 30.8. The van der Waals surface area contributed by atoms with Crippen LogP contribution in [0.4, 0.5) is 0 Å². The molecule has 2 atom stereocenters. The molecule has 1 N–H and O–H groups in total. The Morgan fingerprint density at radius 1 is 1.18 bits per heavy atom. The van der Waals surface area contributed by atoms with Crippen LogP contribution in [0.3, 0.4) is 0 Å². The highest BCUT2D eigenvalue weighted by molar-refractivity contribution is 5.77. The Balaban J connectivity index is 1.80. The molecule has 3 nitrogen and oxygen atoms in total. The molecular weight excluding hydrogens is 212 g/mol. The number of piperazine rings is 1. The zero-order valence-electron chi connectivity index (χ0n) is 11.2. The highest BCUT2D eigenvalue weighted by Gasteiger charge is 2.28.